The molecule has 5 nitrogen and oxygen atoms in total. The summed E-state index contributed by atoms with van der Waals surface area (Å²) in [7, 11) is 3.29. The topological polar surface area (TPSA) is 52.8 Å². The minimum Gasteiger partial charge on any atom is -0.495 e. The molecule has 25 heavy (non-hydrogen) atoms. The molecular weight excluding hydrogens is 336 g/mol. The molecule has 3 rings (SSSR count). The summed E-state index contributed by atoms with van der Waals surface area (Å²) in [4.78, 5) is 17.6. The number of hydrogen-bond acceptors (Lipinski definition) is 4. The molecule has 0 spiro atoms. The number of methoxy groups -OCH3 is 2. The van der Waals surface area contributed by atoms with Crippen molar-refractivity contribution in [2.24, 2.45) is 4.99 Å². The predicted molar refractivity (Wildman–Crippen MR) is 99.3 cm³/mol. The van der Waals surface area contributed by atoms with Gasteiger partial charge in [-0.05, 0) is 31.2 Å². The van der Waals surface area contributed by atoms with Gasteiger partial charge in [-0.25, -0.2) is 0 Å². The number of benzene rings is 2. The van der Waals surface area contributed by atoms with Gasteiger partial charge in [-0.15, -0.1) is 0 Å². The van der Waals surface area contributed by atoms with E-state index in [2.05, 4.69) is 4.99 Å². The van der Waals surface area contributed by atoms with E-state index >= 15 is 0 Å². The van der Waals surface area contributed by atoms with Crippen LogP contribution in [-0.2, 0) is 11.3 Å². The van der Waals surface area contributed by atoms with Crippen LogP contribution in [0.15, 0.2) is 47.5 Å². The van der Waals surface area contributed by atoms with Gasteiger partial charge < -0.3 is 14.0 Å². The summed E-state index contributed by atoms with van der Waals surface area (Å²) in [6.07, 6.45) is 0. The van der Waals surface area contributed by atoms with Crippen molar-refractivity contribution in [2.75, 3.05) is 20.8 Å². The van der Waals surface area contributed by atoms with E-state index in [4.69, 9.17) is 9.47 Å². The van der Waals surface area contributed by atoms with E-state index in [0.717, 1.165) is 21.5 Å². The van der Waals surface area contributed by atoms with Crippen molar-refractivity contribution < 1.29 is 14.3 Å². The normalized spacial score (nSPS) is 11.9. The van der Waals surface area contributed by atoms with Gasteiger partial charge in [-0.3, -0.25) is 4.79 Å². The molecule has 1 amide bonds. The zero-order valence-electron chi connectivity index (χ0n) is 14.5. The second kappa shape index (κ2) is 7.63. The Morgan fingerprint density at radius 3 is 2.72 bits per heavy atom. The molecule has 0 bridgehead atoms. The van der Waals surface area contributed by atoms with E-state index in [1.54, 1.807) is 20.3 Å². The summed E-state index contributed by atoms with van der Waals surface area (Å²) < 4.78 is 13.7. The minimum atomic E-state index is -0.250. The molecule has 130 valence electrons. The van der Waals surface area contributed by atoms with Gasteiger partial charge in [0.15, 0.2) is 4.80 Å². The molecule has 0 N–H and O–H groups in total. The Kier molecular flexibility index (Phi) is 5.31. The lowest BCUT2D eigenvalue weighted by Gasteiger charge is -2.07. The predicted octanol–water partition coefficient (Wildman–Crippen LogP) is 3.41. The van der Waals surface area contributed by atoms with Gasteiger partial charge in [-0.2, -0.15) is 4.99 Å². The van der Waals surface area contributed by atoms with Crippen LogP contribution in [0.25, 0.3) is 10.2 Å². The van der Waals surface area contributed by atoms with Crippen molar-refractivity contribution in [3.05, 3.63) is 58.4 Å². The Morgan fingerprint density at radius 2 is 2.00 bits per heavy atom. The smallest absolute Gasteiger partial charge is 0.279 e. The molecule has 0 saturated carbocycles. The Hall–Kier alpha value is -2.44. The summed E-state index contributed by atoms with van der Waals surface area (Å²) in [6, 6.07) is 13.3. The third-order valence-electron chi connectivity index (χ3n) is 3.87. The first kappa shape index (κ1) is 17.4. The Labute approximate surface area is 150 Å². The lowest BCUT2D eigenvalue weighted by Crippen LogP contribution is -2.19. The molecular formula is C19H20N2O3S. The maximum Gasteiger partial charge on any atom is 0.279 e. The molecule has 0 atom stereocenters. The quantitative estimate of drug-likeness (QED) is 0.704. The van der Waals surface area contributed by atoms with Crippen molar-refractivity contribution in [1.82, 2.24) is 4.57 Å². The monoisotopic (exact) mass is 356 g/mol. The maximum atomic E-state index is 12.6. The number of hydrogen-bond donors (Lipinski definition) is 0. The van der Waals surface area contributed by atoms with Crippen molar-refractivity contribution in [3.8, 4) is 5.75 Å². The summed E-state index contributed by atoms with van der Waals surface area (Å²) in [5.74, 6) is 0.509. The summed E-state index contributed by atoms with van der Waals surface area (Å²) in [5.41, 5.74) is 2.55. The lowest BCUT2D eigenvalue weighted by molar-refractivity contribution is 0.0997. The zero-order valence-corrected chi connectivity index (χ0v) is 15.3. The first-order chi connectivity index (χ1) is 12.1. The molecule has 0 aliphatic rings. The Morgan fingerprint density at radius 1 is 1.20 bits per heavy atom. The van der Waals surface area contributed by atoms with E-state index in [9.17, 15) is 4.79 Å². The van der Waals surface area contributed by atoms with Gasteiger partial charge in [0.1, 0.15) is 11.3 Å². The maximum absolute atomic E-state index is 12.6. The SMILES string of the molecule is COCCn1c(=NC(=O)c2cccc(C)c2)sc2cccc(OC)c21. The van der Waals surface area contributed by atoms with Crippen LogP contribution in [-0.4, -0.2) is 31.3 Å². The van der Waals surface area contributed by atoms with Gasteiger partial charge >= 0.3 is 0 Å². The third-order valence-corrected chi connectivity index (χ3v) is 4.91. The molecule has 3 aromatic rings. The van der Waals surface area contributed by atoms with E-state index < -0.39 is 0 Å². The number of para-hydroxylation sites is 1. The molecule has 0 unspecified atom stereocenters. The van der Waals surface area contributed by atoms with Gasteiger partial charge in [0.05, 0.1) is 18.4 Å². The molecule has 6 heteroatoms. The number of carbonyl (C=O) groups is 1. The zero-order chi connectivity index (χ0) is 17.8. The molecule has 0 fully saturated rings. The van der Waals surface area contributed by atoms with Crippen LogP contribution in [0.3, 0.4) is 0 Å². The van der Waals surface area contributed by atoms with Gasteiger partial charge in [0.25, 0.3) is 5.91 Å². The number of aromatic nitrogens is 1. The fraction of sp³-hybridized carbons (Fsp3) is 0.263. The Bertz CT molecular complexity index is 972. The van der Waals surface area contributed by atoms with Crippen molar-refractivity contribution in [1.29, 1.82) is 0 Å². The number of fused-ring (bicyclic) bond motifs is 1. The number of rotatable bonds is 5. The van der Waals surface area contributed by atoms with Gasteiger partial charge in [0.2, 0.25) is 0 Å². The average molecular weight is 356 g/mol. The fourth-order valence-corrected chi connectivity index (χ4v) is 3.74. The van der Waals surface area contributed by atoms with E-state index in [1.165, 1.54) is 11.3 Å². The average Bonchev–Trinajstić information content (AvgIpc) is 2.97. The van der Waals surface area contributed by atoms with Crippen LogP contribution in [0.4, 0.5) is 0 Å². The number of aryl methyl sites for hydroxylation is 1. The van der Waals surface area contributed by atoms with E-state index in [1.807, 2.05) is 47.9 Å². The molecule has 0 aliphatic carbocycles. The van der Waals surface area contributed by atoms with Crippen molar-refractivity contribution >= 4 is 27.5 Å². The molecule has 2 aromatic carbocycles. The number of ether oxygens (including phenoxy) is 2. The summed E-state index contributed by atoms with van der Waals surface area (Å²) in [5, 5.41) is 0. The third kappa shape index (κ3) is 3.65. The summed E-state index contributed by atoms with van der Waals surface area (Å²) >= 11 is 1.47. The number of nitrogens with zero attached hydrogens (tertiary/aromatic N) is 2. The van der Waals surface area contributed by atoms with Crippen LogP contribution in [0.1, 0.15) is 15.9 Å². The van der Waals surface area contributed by atoms with Gasteiger partial charge in [0, 0.05) is 19.2 Å². The number of carbonyl (C=O) groups excluding carboxylic acids is 1. The van der Waals surface area contributed by atoms with Crippen LogP contribution in [0.2, 0.25) is 0 Å². The first-order valence-corrected chi connectivity index (χ1v) is 8.76. The molecule has 0 saturated heterocycles. The van der Waals surface area contributed by atoms with Crippen LogP contribution >= 0.6 is 11.3 Å². The standard InChI is InChI=1S/C19H20N2O3S/c1-13-6-4-7-14(12-13)18(22)20-19-21(10-11-23-2)17-15(24-3)8-5-9-16(17)25-19/h4-9,12H,10-11H2,1-3H3. The molecule has 1 heterocycles. The Balaban J connectivity index is 2.15. The highest BCUT2D eigenvalue weighted by atomic mass is 32.1. The first-order valence-electron chi connectivity index (χ1n) is 7.95. The number of thiazole rings is 1. The van der Waals surface area contributed by atoms with Crippen LogP contribution in [0, 0.1) is 6.92 Å². The second-order valence-corrected chi connectivity index (χ2v) is 6.63. The minimum absolute atomic E-state index is 0.250. The van der Waals surface area contributed by atoms with Crippen LogP contribution < -0.4 is 9.54 Å². The van der Waals surface area contributed by atoms with Crippen molar-refractivity contribution in [3.63, 3.8) is 0 Å². The van der Waals surface area contributed by atoms with E-state index in [0.29, 0.717) is 23.5 Å². The highest BCUT2D eigenvalue weighted by Crippen LogP contribution is 2.27. The highest BCUT2D eigenvalue weighted by Gasteiger charge is 2.13. The van der Waals surface area contributed by atoms with Gasteiger partial charge in [-0.1, -0.05) is 35.1 Å². The fourth-order valence-electron chi connectivity index (χ4n) is 2.67. The molecule has 1 aromatic heterocycles. The highest BCUT2D eigenvalue weighted by molar-refractivity contribution is 7.16. The van der Waals surface area contributed by atoms with Crippen LogP contribution in [0.5, 0.6) is 5.75 Å². The second-order valence-electron chi connectivity index (χ2n) is 5.62. The largest absolute Gasteiger partial charge is 0.495 e. The summed E-state index contributed by atoms with van der Waals surface area (Å²) in [6.45, 7) is 3.08. The number of amides is 1. The lowest BCUT2D eigenvalue weighted by atomic mass is 10.1. The van der Waals surface area contributed by atoms with Crippen molar-refractivity contribution in [2.45, 2.75) is 13.5 Å². The molecule has 0 aliphatic heterocycles. The molecule has 0 radical (unpaired) electrons. The van der Waals surface area contributed by atoms with E-state index in [-0.39, 0.29) is 5.91 Å².